The smallest absolute Gasteiger partial charge is 0.414 e. The Balaban J connectivity index is 1.83. The molecule has 2 aliphatic rings. The van der Waals surface area contributed by atoms with Crippen molar-refractivity contribution in [2.45, 2.75) is 136 Å². The molecule has 1 saturated heterocycles. The van der Waals surface area contributed by atoms with Crippen molar-refractivity contribution in [3.8, 4) is 23.3 Å². The maximum Gasteiger partial charge on any atom is 0.414 e. The fraction of sp³-hybridized carbons (Fsp3) is 0.571. The maximum absolute atomic E-state index is 14.3. The molecule has 10 nitrogen and oxygen atoms in total. The number of cyclic esters (lactones) is 1. The first-order valence-corrected chi connectivity index (χ1v) is 21.2. The van der Waals surface area contributed by atoms with Gasteiger partial charge in [0.05, 0.1) is 19.4 Å². The van der Waals surface area contributed by atoms with E-state index in [1.165, 1.54) is 4.90 Å². The topological polar surface area (TPSA) is 102 Å². The second-order valence-corrected chi connectivity index (χ2v) is 21.6. The minimum atomic E-state index is -2.51. The van der Waals surface area contributed by atoms with Gasteiger partial charge in [0, 0.05) is 31.0 Å². The molecule has 290 valence electrons. The normalized spacial score (nSPS) is 23.4. The van der Waals surface area contributed by atoms with E-state index in [1.807, 2.05) is 84.9 Å². The van der Waals surface area contributed by atoms with Gasteiger partial charge < -0.3 is 32.8 Å². The molecule has 4 rings (SSSR count). The van der Waals surface area contributed by atoms with Gasteiger partial charge in [-0.15, -0.1) is 0 Å². The SMILES string of the molecule is COc1ccc(CO[C@@H]2C=C[C@@H](C)[C@H](C)OC(=O)c3c(cc(N(C)C(=O)OC(C)(C)C)cc3O[Si](C)(C)C(C)(C)C)C#CC[C@@H]3OC(C)(C)O[C@@H]32)cc1. The summed E-state index contributed by atoms with van der Waals surface area (Å²) in [5.41, 5.74) is 1.30. The number of hydrogen-bond donors (Lipinski definition) is 0. The van der Waals surface area contributed by atoms with E-state index >= 15 is 0 Å². The summed E-state index contributed by atoms with van der Waals surface area (Å²) in [6, 6.07) is 11.1. The second-order valence-electron chi connectivity index (χ2n) is 16.9. The quantitative estimate of drug-likeness (QED) is 0.119. The Bertz CT molecular complexity index is 1710. The van der Waals surface area contributed by atoms with Crippen molar-refractivity contribution in [2.24, 2.45) is 5.92 Å². The summed E-state index contributed by atoms with van der Waals surface area (Å²) in [4.78, 5) is 28.9. The van der Waals surface area contributed by atoms with Gasteiger partial charge in [0.1, 0.15) is 47.1 Å². The van der Waals surface area contributed by atoms with Gasteiger partial charge in [0.15, 0.2) is 5.79 Å². The lowest BCUT2D eigenvalue weighted by molar-refractivity contribution is -0.156. The van der Waals surface area contributed by atoms with Crippen molar-refractivity contribution in [1.29, 1.82) is 0 Å². The maximum atomic E-state index is 14.3. The molecule has 5 atom stereocenters. The van der Waals surface area contributed by atoms with Crippen molar-refractivity contribution in [1.82, 2.24) is 0 Å². The van der Waals surface area contributed by atoms with E-state index < -0.39 is 56.2 Å². The first-order valence-electron chi connectivity index (χ1n) is 18.3. The van der Waals surface area contributed by atoms with Crippen LogP contribution in [-0.2, 0) is 30.3 Å². The number of methoxy groups -OCH3 is 1. The molecule has 0 unspecified atom stereocenters. The molecule has 1 amide bonds. The minimum Gasteiger partial charge on any atom is -0.543 e. The zero-order valence-corrected chi connectivity index (χ0v) is 35.0. The molecule has 53 heavy (non-hydrogen) atoms. The van der Waals surface area contributed by atoms with Crippen LogP contribution in [0.1, 0.15) is 97.1 Å². The van der Waals surface area contributed by atoms with Gasteiger partial charge in [-0.2, -0.15) is 0 Å². The Labute approximate surface area is 317 Å². The Morgan fingerprint density at radius 3 is 2.28 bits per heavy atom. The molecule has 0 aliphatic carbocycles. The molecule has 0 saturated carbocycles. The number of fused-ring (bicyclic) bond motifs is 2. The lowest BCUT2D eigenvalue weighted by atomic mass is 9.99. The van der Waals surface area contributed by atoms with E-state index in [0.29, 0.717) is 23.6 Å². The van der Waals surface area contributed by atoms with Crippen molar-refractivity contribution in [3.05, 3.63) is 65.2 Å². The summed E-state index contributed by atoms with van der Waals surface area (Å²) < 4.78 is 43.4. The zero-order valence-electron chi connectivity index (χ0n) is 34.0. The van der Waals surface area contributed by atoms with Crippen molar-refractivity contribution < 1.29 is 42.4 Å². The standard InChI is InChI=1S/C42H59NO9Si/c1-27-18-23-33(47-26-29-19-21-32(46-12)22-20-29)37-34(49-42(9,10)50-37)17-15-16-30-24-31(43(11)39(45)51-40(3,4)5)25-35(36(30)38(44)48-28(27)2)52-53(13,14)41(6,7)8/h18-25,27-28,33-34,37H,17,26H2,1-14H3/t27-,28+,33-,34+,37-/m1/s1. The van der Waals surface area contributed by atoms with Gasteiger partial charge in [-0.05, 0) is 83.4 Å². The molecule has 0 aromatic heterocycles. The first kappa shape index (κ1) is 41.9. The van der Waals surface area contributed by atoms with E-state index in [4.69, 9.17) is 32.8 Å². The van der Waals surface area contributed by atoms with Gasteiger partial charge in [-0.1, -0.05) is 63.8 Å². The van der Waals surface area contributed by atoms with Crippen LogP contribution in [0.5, 0.6) is 11.5 Å². The molecule has 11 heteroatoms. The zero-order chi connectivity index (χ0) is 39.5. The van der Waals surface area contributed by atoms with Crippen LogP contribution in [0.25, 0.3) is 0 Å². The van der Waals surface area contributed by atoms with Gasteiger partial charge in [0.25, 0.3) is 8.32 Å². The van der Waals surface area contributed by atoms with Crippen LogP contribution in [0.3, 0.4) is 0 Å². The molecular weight excluding hydrogens is 691 g/mol. The summed E-state index contributed by atoms with van der Waals surface area (Å²) >= 11 is 0. The number of carbonyl (C=O) groups excluding carboxylic acids is 2. The van der Waals surface area contributed by atoms with Gasteiger partial charge in [-0.3, -0.25) is 4.90 Å². The molecule has 0 bridgehead atoms. The lowest BCUT2D eigenvalue weighted by Gasteiger charge is -2.37. The van der Waals surface area contributed by atoms with Gasteiger partial charge >= 0.3 is 12.1 Å². The molecule has 2 aliphatic heterocycles. The molecular formula is C42H59NO9Si. The average Bonchev–Trinajstić information content (AvgIpc) is 3.35. The first-order chi connectivity index (χ1) is 24.5. The second kappa shape index (κ2) is 16.3. The number of nitrogens with zero attached hydrogens (tertiary/aromatic N) is 1. The van der Waals surface area contributed by atoms with Crippen LogP contribution >= 0.6 is 0 Å². The Hall–Kier alpha value is -3.82. The number of anilines is 1. The van der Waals surface area contributed by atoms with E-state index in [-0.39, 0.29) is 22.9 Å². The third-order valence-electron chi connectivity index (χ3n) is 9.83. The number of esters is 1. The van der Waals surface area contributed by atoms with Crippen molar-refractivity contribution >= 4 is 26.1 Å². The summed E-state index contributed by atoms with van der Waals surface area (Å²) in [5, 5.41) is -0.190. The van der Waals surface area contributed by atoms with E-state index in [2.05, 4.69) is 45.7 Å². The average molecular weight is 750 g/mol. The van der Waals surface area contributed by atoms with E-state index in [0.717, 1.165) is 11.3 Å². The predicted octanol–water partition coefficient (Wildman–Crippen LogP) is 9.05. The van der Waals surface area contributed by atoms with Crippen LogP contribution in [0.4, 0.5) is 10.5 Å². The summed E-state index contributed by atoms with van der Waals surface area (Å²) in [6.45, 7) is 23.9. The monoisotopic (exact) mass is 749 g/mol. The largest absolute Gasteiger partial charge is 0.543 e. The van der Waals surface area contributed by atoms with Crippen LogP contribution in [0.15, 0.2) is 48.6 Å². The molecule has 2 aromatic rings. The highest BCUT2D eigenvalue weighted by Gasteiger charge is 2.45. The predicted molar refractivity (Wildman–Crippen MR) is 209 cm³/mol. The molecule has 2 heterocycles. The molecule has 2 aromatic carbocycles. The summed E-state index contributed by atoms with van der Waals surface area (Å²) in [7, 11) is 0.748. The fourth-order valence-electron chi connectivity index (χ4n) is 5.54. The molecule has 0 N–H and O–H groups in total. The number of rotatable bonds is 7. The van der Waals surface area contributed by atoms with Crippen LogP contribution in [-0.4, -0.2) is 70.3 Å². The van der Waals surface area contributed by atoms with Crippen LogP contribution in [0, 0.1) is 17.8 Å². The Morgan fingerprint density at radius 1 is 1.02 bits per heavy atom. The summed E-state index contributed by atoms with van der Waals surface area (Å²) in [5.74, 6) is 5.95. The number of carbonyl (C=O) groups is 2. The third kappa shape index (κ3) is 10.9. The van der Waals surface area contributed by atoms with E-state index in [1.54, 1.807) is 26.3 Å². The number of ether oxygens (including phenoxy) is 6. The molecule has 1 fully saturated rings. The lowest BCUT2D eigenvalue weighted by Crippen LogP contribution is -2.44. The van der Waals surface area contributed by atoms with Gasteiger partial charge in [0.2, 0.25) is 0 Å². The number of hydrogen-bond acceptors (Lipinski definition) is 9. The fourth-order valence-corrected chi connectivity index (χ4v) is 6.56. The van der Waals surface area contributed by atoms with Crippen molar-refractivity contribution in [2.75, 3.05) is 19.1 Å². The highest BCUT2D eigenvalue weighted by atomic mass is 28.4. The number of benzene rings is 2. The summed E-state index contributed by atoms with van der Waals surface area (Å²) in [6.07, 6.45) is 1.73. The highest BCUT2D eigenvalue weighted by Crippen LogP contribution is 2.41. The van der Waals surface area contributed by atoms with Crippen molar-refractivity contribution in [3.63, 3.8) is 0 Å². The Kier molecular flexibility index (Phi) is 12.9. The third-order valence-corrected chi connectivity index (χ3v) is 14.2. The highest BCUT2D eigenvalue weighted by molar-refractivity contribution is 6.74. The van der Waals surface area contributed by atoms with Crippen LogP contribution in [0.2, 0.25) is 18.1 Å². The van der Waals surface area contributed by atoms with E-state index in [9.17, 15) is 9.59 Å². The minimum absolute atomic E-state index is 0.190. The number of amides is 1. The Morgan fingerprint density at radius 2 is 1.68 bits per heavy atom. The van der Waals surface area contributed by atoms with Crippen LogP contribution < -0.4 is 14.1 Å². The molecule has 0 radical (unpaired) electrons. The van der Waals surface area contributed by atoms with Gasteiger partial charge in [-0.25, -0.2) is 9.59 Å². The molecule has 0 spiro atoms.